The molecule has 1 heterocycles. The van der Waals surface area contributed by atoms with Crippen molar-refractivity contribution in [3.05, 3.63) is 55.7 Å². The van der Waals surface area contributed by atoms with E-state index in [9.17, 15) is 0 Å². The van der Waals surface area contributed by atoms with Crippen LogP contribution in [-0.4, -0.2) is 0 Å². The number of rotatable bonds is 2. The van der Waals surface area contributed by atoms with Crippen LogP contribution in [0.3, 0.4) is 0 Å². The number of aryl methyl sites for hydroxylation is 1. The van der Waals surface area contributed by atoms with E-state index in [4.69, 9.17) is 11.6 Å². The van der Waals surface area contributed by atoms with E-state index in [0.29, 0.717) is 0 Å². The Kier molecular flexibility index (Phi) is 4.44. The third-order valence-electron chi connectivity index (χ3n) is 3.17. The number of halogens is 2. The molecule has 0 saturated carbocycles. The molecule has 19 heavy (non-hydrogen) atoms. The quantitative estimate of drug-likeness (QED) is 0.542. The molecule has 0 spiro atoms. The molecule has 0 aliphatic heterocycles. The summed E-state index contributed by atoms with van der Waals surface area (Å²) in [6.45, 7) is 8.79. The zero-order valence-corrected chi connectivity index (χ0v) is 14.8. The minimum Gasteiger partial charge on any atom is -0.143 e. The van der Waals surface area contributed by atoms with Gasteiger partial charge in [-0.25, -0.2) is 0 Å². The second-order valence-corrected chi connectivity index (χ2v) is 8.33. The van der Waals surface area contributed by atoms with E-state index in [2.05, 4.69) is 74.0 Å². The molecule has 2 aromatic rings. The molecular formula is C16H18BrClS. The number of alkyl halides is 1. The summed E-state index contributed by atoms with van der Waals surface area (Å²) in [7, 11) is 0. The Hall–Kier alpha value is -0.310. The third kappa shape index (κ3) is 3.24. The van der Waals surface area contributed by atoms with Crippen LogP contribution in [0.5, 0.6) is 0 Å². The van der Waals surface area contributed by atoms with Gasteiger partial charge < -0.3 is 0 Å². The summed E-state index contributed by atoms with van der Waals surface area (Å²) in [6.07, 6.45) is 0. The average molecular weight is 358 g/mol. The number of benzene rings is 1. The van der Waals surface area contributed by atoms with Crippen LogP contribution in [0.15, 0.2) is 34.8 Å². The van der Waals surface area contributed by atoms with Crippen molar-refractivity contribution in [1.82, 2.24) is 0 Å². The molecule has 0 N–H and O–H groups in total. The minimum absolute atomic E-state index is 0.0783. The first-order chi connectivity index (χ1) is 8.80. The Balaban J connectivity index is 2.47. The summed E-state index contributed by atoms with van der Waals surface area (Å²) in [5.41, 5.74) is 2.63. The van der Waals surface area contributed by atoms with Gasteiger partial charge in [0.25, 0.3) is 0 Å². The van der Waals surface area contributed by atoms with Crippen molar-refractivity contribution < 1.29 is 0 Å². The monoisotopic (exact) mass is 356 g/mol. The second kappa shape index (κ2) is 5.59. The molecular weight excluding hydrogens is 340 g/mol. The van der Waals surface area contributed by atoms with Gasteiger partial charge in [-0.05, 0) is 45.5 Å². The van der Waals surface area contributed by atoms with Crippen LogP contribution in [0.25, 0.3) is 0 Å². The van der Waals surface area contributed by atoms with E-state index in [0.717, 1.165) is 4.47 Å². The zero-order chi connectivity index (χ0) is 14.2. The van der Waals surface area contributed by atoms with E-state index in [1.165, 1.54) is 20.9 Å². The summed E-state index contributed by atoms with van der Waals surface area (Å²) in [5, 5.41) is -0.0783. The Bertz CT molecular complexity index is 561. The zero-order valence-electron chi connectivity index (χ0n) is 11.6. The van der Waals surface area contributed by atoms with Gasteiger partial charge in [-0.2, -0.15) is 0 Å². The van der Waals surface area contributed by atoms with Crippen molar-refractivity contribution in [2.45, 2.75) is 38.5 Å². The van der Waals surface area contributed by atoms with Gasteiger partial charge >= 0.3 is 0 Å². The molecule has 0 aliphatic rings. The van der Waals surface area contributed by atoms with Crippen LogP contribution in [0.4, 0.5) is 0 Å². The third-order valence-corrected chi connectivity index (χ3v) is 5.97. The Morgan fingerprint density at radius 1 is 1.21 bits per heavy atom. The number of hydrogen-bond acceptors (Lipinski definition) is 1. The molecule has 0 amide bonds. The van der Waals surface area contributed by atoms with Gasteiger partial charge in [0.15, 0.2) is 0 Å². The molecule has 0 nitrogen and oxygen atoms in total. The first kappa shape index (κ1) is 15.1. The summed E-state index contributed by atoms with van der Waals surface area (Å²) < 4.78 is 1.14. The van der Waals surface area contributed by atoms with E-state index in [1.807, 2.05) is 0 Å². The lowest BCUT2D eigenvalue weighted by atomic mass is 9.83. The van der Waals surface area contributed by atoms with E-state index >= 15 is 0 Å². The van der Waals surface area contributed by atoms with Crippen molar-refractivity contribution in [2.75, 3.05) is 0 Å². The highest BCUT2D eigenvalue weighted by Gasteiger charge is 2.23. The maximum Gasteiger partial charge on any atom is 0.0931 e. The van der Waals surface area contributed by atoms with Crippen LogP contribution < -0.4 is 0 Å². The van der Waals surface area contributed by atoms with Crippen LogP contribution in [0.1, 0.15) is 47.0 Å². The van der Waals surface area contributed by atoms with Crippen molar-refractivity contribution in [1.29, 1.82) is 0 Å². The topological polar surface area (TPSA) is 0 Å². The van der Waals surface area contributed by atoms with Gasteiger partial charge in [-0.15, -0.1) is 22.9 Å². The fourth-order valence-corrected chi connectivity index (χ4v) is 4.11. The predicted octanol–water partition coefficient (Wildman–Crippen LogP) is 6.44. The van der Waals surface area contributed by atoms with Gasteiger partial charge in [0.05, 0.1) is 5.38 Å². The van der Waals surface area contributed by atoms with Crippen LogP contribution in [-0.2, 0) is 5.41 Å². The fraction of sp³-hybridized carbons (Fsp3) is 0.375. The molecule has 0 saturated heterocycles. The number of hydrogen-bond donors (Lipinski definition) is 0. The second-order valence-electron chi connectivity index (χ2n) is 5.75. The highest BCUT2D eigenvalue weighted by atomic mass is 79.9. The molecule has 0 bridgehead atoms. The Morgan fingerprint density at radius 2 is 1.84 bits per heavy atom. The van der Waals surface area contributed by atoms with Crippen LogP contribution >= 0.6 is 38.9 Å². The molecule has 1 aromatic heterocycles. The number of thiophene rings is 1. The first-order valence-electron chi connectivity index (χ1n) is 6.30. The van der Waals surface area contributed by atoms with Gasteiger partial charge in [0, 0.05) is 14.2 Å². The van der Waals surface area contributed by atoms with Crippen molar-refractivity contribution in [2.24, 2.45) is 0 Å². The van der Waals surface area contributed by atoms with Gasteiger partial charge in [0.2, 0.25) is 0 Å². The molecule has 1 atom stereocenters. The molecule has 0 aliphatic carbocycles. The standard InChI is InChI=1S/C16H18BrClS/c1-10-13(17)9-14(19-10)15(18)11-7-5-6-8-12(11)16(2,3)4/h5-9,15H,1-4H3. The van der Waals surface area contributed by atoms with Gasteiger partial charge in [0.1, 0.15) is 0 Å². The fourth-order valence-electron chi connectivity index (χ4n) is 2.16. The summed E-state index contributed by atoms with van der Waals surface area (Å²) >= 11 is 12.0. The van der Waals surface area contributed by atoms with Gasteiger partial charge in [-0.3, -0.25) is 0 Å². The summed E-state index contributed by atoms with van der Waals surface area (Å²) in [4.78, 5) is 2.47. The van der Waals surface area contributed by atoms with Crippen molar-refractivity contribution in [3.8, 4) is 0 Å². The summed E-state index contributed by atoms with van der Waals surface area (Å²) in [5.74, 6) is 0. The lowest BCUT2D eigenvalue weighted by molar-refractivity contribution is 0.583. The highest BCUT2D eigenvalue weighted by molar-refractivity contribution is 9.10. The van der Waals surface area contributed by atoms with Crippen LogP contribution in [0.2, 0.25) is 0 Å². The van der Waals surface area contributed by atoms with Crippen molar-refractivity contribution in [3.63, 3.8) is 0 Å². The SMILES string of the molecule is Cc1sc(C(Cl)c2ccccc2C(C)(C)C)cc1Br. The molecule has 0 fully saturated rings. The largest absolute Gasteiger partial charge is 0.143 e. The molecule has 102 valence electrons. The predicted molar refractivity (Wildman–Crippen MR) is 89.6 cm³/mol. The Labute approximate surface area is 132 Å². The maximum absolute atomic E-state index is 6.72. The lowest BCUT2D eigenvalue weighted by Gasteiger charge is -2.24. The van der Waals surface area contributed by atoms with Gasteiger partial charge in [-0.1, -0.05) is 45.0 Å². The molecule has 2 rings (SSSR count). The normalized spacial score (nSPS) is 13.6. The van der Waals surface area contributed by atoms with E-state index < -0.39 is 0 Å². The highest BCUT2D eigenvalue weighted by Crippen LogP contribution is 2.40. The van der Waals surface area contributed by atoms with E-state index in [-0.39, 0.29) is 10.8 Å². The molecule has 3 heteroatoms. The van der Waals surface area contributed by atoms with Crippen LogP contribution in [0, 0.1) is 6.92 Å². The molecule has 1 aromatic carbocycles. The minimum atomic E-state index is -0.0783. The first-order valence-corrected chi connectivity index (χ1v) is 8.34. The Morgan fingerprint density at radius 3 is 2.37 bits per heavy atom. The smallest absolute Gasteiger partial charge is 0.0931 e. The average Bonchev–Trinajstić information content (AvgIpc) is 2.68. The van der Waals surface area contributed by atoms with Crippen molar-refractivity contribution >= 4 is 38.9 Å². The lowest BCUT2D eigenvalue weighted by Crippen LogP contribution is -2.14. The summed E-state index contributed by atoms with van der Waals surface area (Å²) in [6, 6.07) is 10.6. The maximum atomic E-state index is 6.72. The molecule has 0 radical (unpaired) electrons. The molecule has 1 unspecified atom stereocenters. The van der Waals surface area contributed by atoms with E-state index in [1.54, 1.807) is 11.3 Å².